The van der Waals surface area contributed by atoms with Crippen molar-refractivity contribution in [3.63, 3.8) is 0 Å². The molecular formula is C12H18N2O4S. The highest BCUT2D eigenvalue weighted by Gasteiger charge is 2.37. The molecule has 106 valence electrons. The van der Waals surface area contributed by atoms with Gasteiger partial charge in [-0.25, -0.2) is 13.1 Å². The van der Waals surface area contributed by atoms with Gasteiger partial charge in [-0.05, 0) is 18.4 Å². The Morgan fingerprint density at radius 2 is 1.84 bits per heavy atom. The van der Waals surface area contributed by atoms with Crippen LogP contribution in [0.4, 0.5) is 5.69 Å². The molecule has 0 radical (unpaired) electrons. The van der Waals surface area contributed by atoms with Gasteiger partial charge >= 0.3 is 0 Å². The summed E-state index contributed by atoms with van der Waals surface area (Å²) in [6.45, 7) is 1.99. The van der Waals surface area contributed by atoms with E-state index < -0.39 is 10.0 Å². The summed E-state index contributed by atoms with van der Waals surface area (Å²) in [4.78, 5) is 0.0346. The van der Waals surface area contributed by atoms with Crippen molar-refractivity contribution in [2.45, 2.75) is 24.3 Å². The minimum atomic E-state index is -3.63. The van der Waals surface area contributed by atoms with Gasteiger partial charge in [0.05, 0.1) is 19.9 Å². The average Bonchev–Trinajstić information content (AvgIpc) is 3.03. The first-order valence-electron chi connectivity index (χ1n) is 5.93. The molecule has 0 aliphatic heterocycles. The van der Waals surface area contributed by atoms with Crippen molar-refractivity contribution in [2.24, 2.45) is 5.92 Å². The van der Waals surface area contributed by atoms with Crippen molar-refractivity contribution in [3.8, 4) is 11.5 Å². The number of methoxy groups -OCH3 is 2. The first-order valence-corrected chi connectivity index (χ1v) is 7.41. The Labute approximate surface area is 112 Å². The van der Waals surface area contributed by atoms with Gasteiger partial charge in [0, 0.05) is 12.1 Å². The normalized spacial score (nSPS) is 22.1. The second kappa shape index (κ2) is 4.90. The fraction of sp³-hybridized carbons (Fsp3) is 0.500. The van der Waals surface area contributed by atoms with Crippen molar-refractivity contribution in [1.82, 2.24) is 4.72 Å². The molecule has 2 unspecified atom stereocenters. The van der Waals surface area contributed by atoms with E-state index in [0.717, 1.165) is 6.42 Å². The lowest BCUT2D eigenvalue weighted by Crippen LogP contribution is -2.27. The van der Waals surface area contributed by atoms with Crippen molar-refractivity contribution in [2.75, 3.05) is 20.0 Å². The van der Waals surface area contributed by atoms with Crippen molar-refractivity contribution in [3.05, 3.63) is 12.1 Å². The van der Waals surface area contributed by atoms with Crippen LogP contribution in [0.15, 0.2) is 17.0 Å². The van der Waals surface area contributed by atoms with Crippen molar-refractivity contribution < 1.29 is 17.9 Å². The zero-order valence-corrected chi connectivity index (χ0v) is 12.0. The summed E-state index contributed by atoms with van der Waals surface area (Å²) in [5.74, 6) is 0.971. The first kappa shape index (κ1) is 14.0. The van der Waals surface area contributed by atoms with Gasteiger partial charge in [-0.3, -0.25) is 0 Å². The van der Waals surface area contributed by atoms with Gasteiger partial charge in [-0.15, -0.1) is 0 Å². The number of nitrogens with two attached hydrogens (primary N) is 1. The van der Waals surface area contributed by atoms with Crippen LogP contribution in [0.1, 0.15) is 13.3 Å². The number of benzene rings is 1. The number of anilines is 1. The van der Waals surface area contributed by atoms with E-state index in [1.54, 1.807) is 0 Å². The Morgan fingerprint density at radius 1 is 1.26 bits per heavy atom. The molecule has 0 spiro atoms. The number of hydrogen-bond donors (Lipinski definition) is 2. The maximum absolute atomic E-state index is 12.3. The number of hydrogen-bond acceptors (Lipinski definition) is 5. The second-order valence-electron chi connectivity index (χ2n) is 4.69. The van der Waals surface area contributed by atoms with Gasteiger partial charge in [-0.2, -0.15) is 0 Å². The van der Waals surface area contributed by atoms with E-state index in [0.29, 0.717) is 11.7 Å². The molecule has 1 saturated carbocycles. The summed E-state index contributed by atoms with van der Waals surface area (Å²) in [5.41, 5.74) is 6.01. The standard InChI is InChI=1S/C12H18N2O4S/c1-7-4-9(7)14-19(15,16)12-5-8(13)10(17-2)6-11(12)18-3/h5-7,9,14H,4,13H2,1-3H3. The van der Waals surface area contributed by atoms with Crippen LogP contribution >= 0.6 is 0 Å². The molecule has 3 N–H and O–H groups in total. The van der Waals surface area contributed by atoms with Gasteiger partial charge in [-0.1, -0.05) is 6.92 Å². The maximum atomic E-state index is 12.3. The predicted molar refractivity (Wildman–Crippen MR) is 71.8 cm³/mol. The second-order valence-corrected chi connectivity index (χ2v) is 6.37. The van der Waals surface area contributed by atoms with Crippen molar-refractivity contribution >= 4 is 15.7 Å². The smallest absolute Gasteiger partial charge is 0.244 e. The number of nitrogen functional groups attached to an aromatic ring is 1. The molecule has 0 heterocycles. The summed E-state index contributed by atoms with van der Waals surface area (Å²) in [5, 5.41) is 0. The molecule has 0 bridgehead atoms. The van der Waals surface area contributed by atoms with E-state index in [2.05, 4.69) is 4.72 Å². The molecule has 2 rings (SSSR count). The summed E-state index contributed by atoms with van der Waals surface area (Å²) in [7, 11) is -0.763. The van der Waals surface area contributed by atoms with Crippen LogP contribution in [-0.4, -0.2) is 28.7 Å². The van der Waals surface area contributed by atoms with Gasteiger partial charge in [0.2, 0.25) is 10.0 Å². The van der Waals surface area contributed by atoms with Crippen LogP contribution in [0.3, 0.4) is 0 Å². The molecule has 0 aromatic heterocycles. The van der Waals surface area contributed by atoms with E-state index >= 15 is 0 Å². The van der Waals surface area contributed by atoms with E-state index in [1.165, 1.54) is 26.4 Å². The zero-order chi connectivity index (χ0) is 14.2. The van der Waals surface area contributed by atoms with Crippen LogP contribution in [0.25, 0.3) is 0 Å². The van der Waals surface area contributed by atoms with Gasteiger partial charge < -0.3 is 15.2 Å². The molecule has 7 heteroatoms. The maximum Gasteiger partial charge on any atom is 0.244 e. The summed E-state index contributed by atoms with van der Waals surface area (Å²) >= 11 is 0. The molecule has 2 atom stereocenters. The molecule has 0 saturated heterocycles. The molecule has 1 aliphatic rings. The first-order chi connectivity index (χ1) is 8.89. The number of ether oxygens (including phenoxy) is 2. The van der Waals surface area contributed by atoms with E-state index in [-0.39, 0.29) is 22.4 Å². The fourth-order valence-electron chi connectivity index (χ4n) is 1.85. The summed E-state index contributed by atoms with van der Waals surface area (Å²) < 4.78 is 37.3. The van der Waals surface area contributed by atoms with E-state index in [4.69, 9.17) is 15.2 Å². The SMILES string of the molecule is COc1cc(OC)c(S(=O)(=O)NC2CC2C)cc1N. The van der Waals surface area contributed by atoms with Crippen LogP contribution in [0.5, 0.6) is 11.5 Å². The molecule has 1 fully saturated rings. The minimum absolute atomic E-state index is 0.00182. The summed E-state index contributed by atoms with van der Waals surface area (Å²) in [6, 6.07) is 2.82. The Morgan fingerprint density at radius 3 is 2.32 bits per heavy atom. The topological polar surface area (TPSA) is 90.6 Å². The molecule has 1 aromatic rings. The monoisotopic (exact) mass is 286 g/mol. The molecule has 1 aliphatic carbocycles. The van der Waals surface area contributed by atoms with Crippen LogP contribution in [-0.2, 0) is 10.0 Å². The lowest BCUT2D eigenvalue weighted by atomic mass is 10.3. The Hall–Kier alpha value is -1.47. The molecular weight excluding hydrogens is 268 g/mol. The van der Waals surface area contributed by atoms with E-state index in [1.807, 2.05) is 6.92 Å². The largest absolute Gasteiger partial charge is 0.495 e. The lowest BCUT2D eigenvalue weighted by Gasteiger charge is -2.13. The Kier molecular flexibility index (Phi) is 3.60. The third-order valence-corrected chi connectivity index (χ3v) is 4.73. The number of rotatable bonds is 5. The summed E-state index contributed by atoms with van der Waals surface area (Å²) in [6.07, 6.45) is 0.854. The Bertz CT molecular complexity index is 586. The van der Waals surface area contributed by atoms with Gasteiger partial charge in [0.1, 0.15) is 16.4 Å². The fourth-order valence-corrected chi connectivity index (χ4v) is 3.40. The highest BCUT2D eigenvalue weighted by molar-refractivity contribution is 7.89. The molecule has 19 heavy (non-hydrogen) atoms. The third kappa shape index (κ3) is 2.76. The number of nitrogens with one attached hydrogen (secondary N) is 1. The average molecular weight is 286 g/mol. The van der Waals surface area contributed by atoms with Gasteiger partial charge in [0.25, 0.3) is 0 Å². The third-order valence-electron chi connectivity index (χ3n) is 3.22. The lowest BCUT2D eigenvalue weighted by molar-refractivity contribution is 0.387. The highest BCUT2D eigenvalue weighted by Crippen LogP contribution is 2.36. The van der Waals surface area contributed by atoms with Crippen LogP contribution < -0.4 is 19.9 Å². The number of sulfonamides is 1. The molecule has 1 aromatic carbocycles. The van der Waals surface area contributed by atoms with Crippen LogP contribution in [0.2, 0.25) is 0 Å². The van der Waals surface area contributed by atoms with Gasteiger partial charge in [0.15, 0.2) is 0 Å². The van der Waals surface area contributed by atoms with Crippen LogP contribution in [0, 0.1) is 5.92 Å². The molecule has 0 amide bonds. The Balaban J connectivity index is 2.40. The highest BCUT2D eigenvalue weighted by atomic mass is 32.2. The zero-order valence-electron chi connectivity index (χ0n) is 11.1. The minimum Gasteiger partial charge on any atom is -0.495 e. The quantitative estimate of drug-likeness (QED) is 0.787. The van der Waals surface area contributed by atoms with E-state index in [9.17, 15) is 8.42 Å². The van der Waals surface area contributed by atoms with Crippen molar-refractivity contribution in [1.29, 1.82) is 0 Å². The predicted octanol–water partition coefficient (Wildman–Crippen LogP) is 0.973. The molecule has 6 nitrogen and oxygen atoms in total.